The van der Waals surface area contributed by atoms with Gasteiger partial charge in [-0.15, -0.1) is 0 Å². The van der Waals surface area contributed by atoms with Crippen LogP contribution in [0, 0.1) is 5.92 Å². The minimum Gasteiger partial charge on any atom is -0.347 e. The van der Waals surface area contributed by atoms with Crippen LogP contribution in [0.15, 0.2) is 28.7 Å². The summed E-state index contributed by atoms with van der Waals surface area (Å²) >= 11 is 3.54. The van der Waals surface area contributed by atoms with Crippen LogP contribution in [0.2, 0.25) is 0 Å². The van der Waals surface area contributed by atoms with Crippen molar-refractivity contribution in [1.82, 2.24) is 10.2 Å². The number of hydrogen-bond donors (Lipinski definition) is 1. The van der Waals surface area contributed by atoms with Gasteiger partial charge in [-0.1, -0.05) is 34.1 Å². The van der Waals surface area contributed by atoms with Crippen LogP contribution in [-0.4, -0.2) is 36.3 Å². The van der Waals surface area contributed by atoms with Gasteiger partial charge in [0.05, 0.1) is 6.54 Å². The van der Waals surface area contributed by atoms with Crippen molar-refractivity contribution in [2.24, 2.45) is 5.92 Å². The zero-order valence-corrected chi connectivity index (χ0v) is 14.1. The molecule has 0 bridgehead atoms. The fourth-order valence-electron chi connectivity index (χ4n) is 3.15. The molecule has 22 heavy (non-hydrogen) atoms. The highest BCUT2D eigenvalue weighted by Gasteiger charge is 2.44. The molecule has 1 saturated heterocycles. The summed E-state index contributed by atoms with van der Waals surface area (Å²) in [4.78, 5) is 26.1. The van der Waals surface area contributed by atoms with Gasteiger partial charge in [-0.3, -0.25) is 9.59 Å². The number of halogens is 1. The third kappa shape index (κ3) is 3.51. The van der Waals surface area contributed by atoms with Crippen LogP contribution in [0.5, 0.6) is 0 Å². The van der Waals surface area contributed by atoms with E-state index in [-0.39, 0.29) is 30.2 Å². The maximum absolute atomic E-state index is 12.2. The number of likely N-dealkylation sites (tertiary alicyclic amines) is 1. The van der Waals surface area contributed by atoms with Gasteiger partial charge in [0.25, 0.3) is 0 Å². The molecule has 1 saturated carbocycles. The maximum Gasteiger partial charge on any atom is 0.241 e. The lowest BCUT2D eigenvalue weighted by molar-refractivity contribution is -0.133. The number of piperidine rings is 1. The Hall–Kier alpha value is -1.36. The third-order valence-corrected chi connectivity index (χ3v) is 5.28. The van der Waals surface area contributed by atoms with E-state index in [4.69, 9.17) is 0 Å². The van der Waals surface area contributed by atoms with Gasteiger partial charge >= 0.3 is 0 Å². The monoisotopic (exact) mass is 364 g/mol. The van der Waals surface area contributed by atoms with E-state index >= 15 is 0 Å². The number of hydrogen-bond acceptors (Lipinski definition) is 2. The van der Waals surface area contributed by atoms with Crippen molar-refractivity contribution in [1.29, 1.82) is 0 Å². The molecule has 1 N–H and O–H groups in total. The molecular formula is C17H21BrN2O2. The first-order valence-electron chi connectivity index (χ1n) is 7.96. The predicted octanol–water partition coefficient (Wildman–Crippen LogP) is 2.68. The lowest BCUT2D eigenvalue weighted by Gasteiger charge is -2.26. The Kier molecular flexibility index (Phi) is 4.81. The van der Waals surface area contributed by atoms with Gasteiger partial charge in [0.15, 0.2) is 0 Å². The molecule has 3 rings (SSSR count). The Morgan fingerprint density at radius 3 is 2.64 bits per heavy atom. The van der Waals surface area contributed by atoms with Crippen molar-refractivity contribution in [3.05, 3.63) is 34.3 Å². The molecule has 0 aromatic heterocycles. The van der Waals surface area contributed by atoms with Crippen LogP contribution in [0.4, 0.5) is 0 Å². The van der Waals surface area contributed by atoms with Crippen molar-refractivity contribution in [3.8, 4) is 0 Å². The quantitative estimate of drug-likeness (QED) is 0.892. The van der Waals surface area contributed by atoms with Crippen molar-refractivity contribution in [3.63, 3.8) is 0 Å². The summed E-state index contributed by atoms with van der Waals surface area (Å²) in [6.45, 7) is 1.80. The number of rotatable bonds is 4. The van der Waals surface area contributed by atoms with E-state index in [1.807, 2.05) is 23.1 Å². The van der Waals surface area contributed by atoms with Gasteiger partial charge in [0, 0.05) is 23.5 Å². The molecule has 1 aromatic carbocycles. The predicted molar refractivity (Wildman–Crippen MR) is 88.4 cm³/mol. The van der Waals surface area contributed by atoms with Gasteiger partial charge in [0.1, 0.15) is 0 Å². The summed E-state index contributed by atoms with van der Waals surface area (Å²) in [7, 11) is 0. The summed E-state index contributed by atoms with van der Waals surface area (Å²) in [6.07, 6.45) is 4.22. The van der Waals surface area contributed by atoms with E-state index in [2.05, 4.69) is 27.3 Å². The first-order valence-corrected chi connectivity index (χ1v) is 8.76. The lowest BCUT2D eigenvalue weighted by Crippen LogP contribution is -2.43. The summed E-state index contributed by atoms with van der Waals surface area (Å²) in [5, 5.41) is 2.82. The molecule has 0 radical (unpaired) electrons. The van der Waals surface area contributed by atoms with E-state index in [9.17, 15) is 9.59 Å². The first kappa shape index (κ1) is 15.5. The number of benzene rings is 1. The molecule has 0 spiro atoms. The molecule has 4 nitrogen and oxygen atoms in total. The SMILES string of the molecule is O=C(NCC(=O)N1CCCCC1)[C@H]1C[C@@H]1c1ccccc1Br. The highest BCUT2D eigenvalue weighted by molar-refractivity contribution is 9.10. The second kappa shape index (κ2) is 6.82. The highest BCUT2D eigenvalue weighted by atomic mass is 79.9. The van der Waals surface area contributed by atoms with Crippen LogP contribution < -0.4 is 5.32 Å². The largest absolute Gasteiger partial charge is 0.347 e. The van der Waals surface area contributed by atoms with Crippen molar-refractivity contribution in [2.45, 2.75) is 31.6 Å². The average Bonchev–Trinajstić information content (AvgIpc) is 3.34. The Morgan fingerprint density at radius 1 is 1.18 bits per heavy atom. The van der Waals surface area contributed by atoms with Crippen LogP contribution in [0.25, 0.3) is 0 Å². The van der Waals surface area contributed by atoms with E-state index in [0.29, 0.717) is 0 Å². The molecule has 2 amide bonds. The Morgan fingerprint density at radius 2 is 1.91 bits per heavy atom. The van der Waals surface area contributed by atoms with Crippen LogP contribution in [-0.2, 0) is 9.59 Å². The van der Waals surface area contributed by atoms with Crippen LogP contribution in [0.1, 0.15) is 37.2 Å². The minimum absolute atomic E-state index is 0.00566. The molecule has 0 unspecified atom stereocenters. The molecule has 118 valence electrons. The van der Waals surface area contributed by atoms with Gasteiger partial charge in [-0.25, -0.2) is 0 Å². The van der Waals surface area contributed by atoms with E-state index in [1.165, 1.54) is 12.0 Å². The molecule has 2 atom stereocenters. The average molecular weight is 365 g/mol. The highest BCUT2D eigenvalue weighted by Crippen LogP contribution is 2.49. The molecule has 1 heterocycles. The van der Waals surface area contributed by atoms with Gasteiger partial charge in [-0.2, -0.15) is 0 Å². The first-order chi connectivity index (χ1) is 10.7. The summed E-state index contributed by atoms with van der Waals surface area (Å²) < 4.78 is 1.06. The molecule has 5 heteroatoms. The Balaban J connectivity index is 1.47. The minimum atomic E-state index is 0.00566. The molecular weight excluding hydrogens is 344 g/mol. The van der Waals surface area contributed by atoms with Crippen molar-refractivity contribution >= 4 is 27.7 Å². The maximum atomic E-state index is 12.2. The Bertz CT molecular complexity index is 570. The zero-order valence-electron chi connectivity index (χ0n) is 12.6. The second-order valence-electron chi connectivity index (χ2n) is 6.13. The fraction of sp³-hybridized carbons (Fsp3) is 0.529. The number of nitrogens with zero attached hydrogens (tertiary/aromatic N) is 1. The molecule has 2 aliphatic rings. The van der Waals surface area contributed by atoms with Gasteiger partial charge < -0.3 is 10.2 Å². The lowest BCUT2D eigenvalue weighted by atomic mass is 10.1. The summed E-state index contributed by atoms with van der Waals surface area (Å²) in [6, 6.07) is 8.03. The molecule has 1 aliphatic heterocycles. The van der Waals surface area contributed by atoms with Gasteiger partial charge in [0.2, 0.25) is 11.8 Å². The fourth-order valence-corrected chi connectivity index (χ4v) is 3.73. The topological polar surface area (TPSA) is 49.4 Å². The van der Waals surface area contributed by atoms with Crippen LogP contribution in [0.3, 0.4) is 0 Å². The Labute approximate surface area is 139 Å². The number of amides is 2. The standard InChI is InChI=1S/C17H21BrN2O2/c18-15-7-3-2-6-12(15)13-10-14(13)17(22)19-11-16(21)20-8-4-1-5-9-20/h2-3,6-7,13-14H,1,4-5,8-11H2,(H,19,22)/t13-,14+/m1/s1. The smallest absolute Gasteiger partial charge is 0.241 e. The number of carbonyl (C=O) groups is 2. The van der Waals surface area contributed by atoms with Crippen LogP contribution >= 0.6 is 15.9 Å². The van der Waals surface area contributed by atoms with E-state index in [0.717, 1.165) is 36.8 Å². The molecule has 2 fully saturated rings. The normalized spacial score (nSPS) is 24.0. The second-order valence-corrected chi connectivity index (χ2v) is 6.98. The number of nitrogens with one attached hydrogen (secondary N) is 1. The van der Waals surface area contributed by atoms with E-state index in [1.54, 1.807) is 0 Å². The number of carbonyl (C=O) groups excluding carboxylic acids is 2. The summed E-state index contributed by atoms with van der Waals surface area (Å²) in [5.74, 6) is 0.339. The third-order valence-electron chi connectivity index (χ3n) is 4.55. The van der Waals surface area contributed by atoms with Crippen molar-refractivity contribution < 1.29 is 9.59 Å². The van der Waals surface area contributed by atoms with E-state index < -0.39 is 0 Å². The van der Waals surface area contributed by atoms with Gasteiger partial charge in [-0.05, 0) is 43.2 Å². The molecule has 1 aromatic rings. The zero-order chi connectivity index (χ0) is 15.5. The molecule has 1 aliphatic carbocycles. The summed E-state index contributed by atoms with van der Waals surface area (Å²) in [5.41, 5.74) is 1.19. The van der Waals surface area contributed by atoms with Crippen molar-refractivity contribution in [2.75, 3.05) is 19.6 Å².